The van der Waals surface area contributed by atoms with Crippen molar-refractivity contribution in [1.82, 2.24) is 15.0 Å². The zero-order chi connectivity index (χ0) is 17.6. The van der Waals surface area contributed by atoms with E-state index >= 15 is 0 Å². The molecule has 0 atom stereocenters. The maximum absolute atomic E-state index is 12.9. The molecule has 130 valence electrons. The fraction of sp³-hybridized carbons (Fsp3) is 0.444. The van der Waals surface area contributed by atoms with E-state index in [1.54, 1.807) is 11.8 Å². The van der Waals surface area contributed by atoms with E-state index in [4.69, 9.17) is 9.63 Å². The number of carbonyl (C=O) groups excluding carboxylic acids is 1. The molecule has 2 aromatic rings. The number of aromatic carboxylic acids is 1. The average Bonchev–Trinajstić information content (AvgIpc) is 3.51. The lowest BCUT2D eigenvalue weighted by molar-refractivity contribution is 0.0687. The molecule has 1 N–H and O–H groups in total. The van der Waals surface area contributed by atoms with Crippen LogP contribution in [0.3, 0.4) is 0 Å². The van der Waals surface area contributed by atoms with Gasteiger partial charge in [-0.2, -0.15) is 0 Å². The van der Waals surface area contributed by atoms with Crippen molar-refractivity contribution in [2.45, 2.75) is 51.1 Å². The zero-order valence-electron chi connectivity index (χ0n) is 13.9. The van der Waals surface area contributed by atoms with Crippen LogP contribution in [0.5, 0.6) is 0 Å². The minimum absolute atomic E-state index is 0.111. The summed E-state index contributed by atoms with van der Waals surface area (Å²) in [6.07, 6.45) is 4.20. The molecule has 0 aromatic carbocycles. The van der Waals surface area contributed by atoms with Crippen LogP contribution < -0.4 is 0 Å². The summed E-state index contributed by atoms with van der Waals surface area (Å²) in [6, 6.07) is 5.04. The molecule has 0 bridgehead atoms. The first-order valence-corrected chi connectivity index (χ1v) is 8.50. The van der Waals surface area contributed by atoms with Gasteiger partial charge in [0.25, 0.3) is 5.91 Å². The SMILES string of the molecule is Cc1nc(C(=O)N(Cc2cc(C3CC3)on2)C2CC2)ccc1C(=O)O. The predicted octanol–water partition coefficient (Wildman–Crippen LogP) is 2.76. The highest BCUT2D eigenvalue weighted by molar-refractivity contribution is 5.94. The van der Waals surface area contributed by atoms with E-state index in [0.717, 1.165) is 37.1 Å². The van der Waals surface area contributed by atoms with Crippen molar-refractivity contribution in [2.24, 2.45) is 0 Å². The second kappa shape index (κ2) is 5.98. The molecule has 2 fully saturated rings. The number of carbonyl (C=O) groups is 2. The van der Waals surface area contributed by atoms with Crippen LogP contribution in [0.1, 0.15) is 69.6 Å². The topological polar surface area (TPSA) is 96.5 Å². The number of amides is 1. The Morgan fingerprint density at radius 2 is 2.04 bits per heavy atom. The summed E-state index contributed by atoms with van der Waals surface area (Å²) in [6.45, 7) is 1.99. The Balaban J connectivity index is 1.54. The molecule has 2 aromatic heterocycles. The Labute approximate surface area is 144 Å². The summed E-state index contributed by atoms with van der Waals surface area (Å²) in [5.74, 6) is 0.147. The molecule has 0 aliphatic heterocycles. The number of hydrogen-bond acceptors (Lipinski definition) is 5. The summed E-state index contributed by atoms with van der Waals surface area (Å²) in [5, 5.41) is 13.2. The number of nitrogens with zero attached hydrogens (tertiary/aromatic N) is 3. The molecular weight excluding hydrogens is 322 g/mol. The molecule has 2 saturated carbocycles. The van der Waals surface area contributed by atoms with Gasteiger partial charge in [0.15, 0.2) is 0 Å². The van der Waals surface area contributed by atoms with E-state index in [2.05, 4.69) is 10.1 Å². The molecule has 0 unspecified atom stereocenters. The average molecular weight is 341 g/mol. The molecule has 2 heterocycles. The molecule has 0 radical (unpaired) electrons. The van der Waals surface area contributed by atoms with Crippen molar-refractivity contribution in [1.29, 1.82) is 0 Å². The molecule has 25 heavy (non-hydrogen) atoms. The largest absolute Gasteiger partial charge is 0.478 e. The first-order chi connectivity index (χ1) is 12.0. The second-order valence-electron chi connectivity index (χ2n) is 6.79. The van der Waals surface area contributed by atoms with Crippen molar-refractivity contribution in [3.63, 3.8) is 0 Å². The van der Waals surface area contributed by atoms with Gasteiger partial charge in [-0.25, -0.2) is 9.78 Å². The Morgan fingerprint density at radius 3 is 2.64 bits per heavy atom. The summed E-state index contributed by atoms with van der Waals surface area (Å²) in [5.41, 5.74) is 1.47. The maximum Gasteiger partial charge on any atom is 0.337 e. The van der Waals surface area contributed by atoms with Crippen LogP contribution in [-0.2, 0) is 6.54 Å². The number of carboxylic acid groups (broad SMARTS) is 1. The van der Waals surface area contributed by atoms with Gasteiger partial charge in [0.1, 0.15) is 17.1 Å². The van der Waals surface area contributed by atoms with Crippen LogP contribution in [0, 0.1) is 6.92 Å². The van der Waals surface area contributed by atoms with Crippen LogP contribution in [0.4, 0.5) is 0 Å². The minimum atomic E-state index is -1.04. The van der Waals surface area contributed by atoms with Crippen LogP contribution in [0.2, 0.25) is 0 Å². The Hall–Kier alpha value is -2.70. The van der Waals surface area contributed by atoms with Crippen LogP contribution in [-0.4, -0.2) is 38.1 Å². The van der Waals surface area contributed by atoms with Crippen LogP contribution >= 0.6 is 0 Å². The highest BCUT2D eigenvalue weighted by Gasteiger charge is 2.35. The predicted molar refractivity (Wildman–Crippen MR) is 87.3 cm³/mol. The number of rotatable bonds is 6. The highest BCUT2D eigenvalue weighted by atomic mass is 16.5. The third-order valence-electron chi connectivity index (χ3n) is 4.67. The van der Waals surface area contributed by atoms with E-state index < -0.39 is 5.97 Å². The van der Waals surface area contributed by atoms with Crippen molar-refractivity contribution in [3.05, 3.63) is 46.6 Å². The molecule has 0 spiro atoms. The number of hydrogen-bond donors (Lipinski definition) is 1. The molecule has 7 heteroatoms. The molecule has 7 nitrogen and oxygen atoms in total. The lowest BCUT2D eigenvalue weighted by atomic mass is 10.1. The number of pyridine rings is 1. The van der Waals surface area contributed by atoms with Crippen LogP contribution in [0.15, 0.2) is 22.7 Å². The fourth-order valence-corrected chi connectivity index (χ4v) is 2.94. The second-order valence-corrected chi connectivity index (χ2v) is 6.79. The van der Waals surface area contributed by atoms with Gasteiger partial charge in [0, 0.05) is 18.0 Å². The van der Waals surface area contributed by atoms with Crippen molar-refractivity contribution in [3.8, 4) is 0 Å². The highest BCUT2D eigenvalue weighted by Crippen LogP contribution is 2.40. The van der Waals surface area contributed by atoms with Crippen LogP contribution in [0.25, 0.3) is 0 Å². The quantitative estimate of drug-likeness (QED) is 0.868. The molecule has 0 saturated heterocycles. The van der Waals surface area contributed by atoms with Crippen molar-refractivity contribution >= 4 is 11.9 Å². The van der Waals surface area contributed by atoms with E-state index in [-0.39, 0.29) is 23.2 Å². The molecule has 2 aliphatic carbocycles. The third-order valence-corrected chi connectivity index (χ3v) is 4.67. The van der Waals surface area contributed by atoms with Crippen molar-refractivity contribution in [2.75, 3.05) is 0 Å². The lowest BCUT2D eigenvalue weighted by Crippen LogP contribution is -2.33. The Kier molecular flexibility index (Phi) is 3.78. The number of aryl methyl sites for hydroxylation is 1. The summed E-state index contributed by atoms with van der Waals surface area (Å²) in [7, 11) is 0. The van der Waals surface area contributed by atoms with Crippen molar-refractivity contribution < 1.29 is 19.2 Å². The van der Waals surface area contributed by atoms with Gasteiger partial charge in [-0.15, -0.1) is 0 Å². The lowest BCUT2D eigenvalue weighted by Gasteiger charge is -2.21. The van der Waals surface area contributed by atoms with Gasteiger partial charge in [-0.05, 0) is 44.7 Å². The number of carboxylic acids is 1. The van der Waals surface area contributed by atoms with E-state index in [9.17, 15) is 9.59 Å². The van der Waals surface area contributed by atoms with Gasteiger partial charge in [0.05, 0.1) is 17.8 Å². The normalized spacial score (nSPS) is 16.7. The van der Waals surface area contributed by atoms with Gasteiger partial charge < -0.3 is 14.5 Å². The Bertz CT molecular complexity index is 837. The van der Waals surface area contributed by atoms with Gasteiger partial charge in [-0.3, -0.25) is 4.79 Å². The maximum atomic E-state index is 12.9. The summed E-state index contributed by atoms with van der Waals surface area (Å²) in [4.78, 5) is 29.9. The van der Waals surface area contributed by atoms with Gasteiger partial charge >= 0.3 is 5.97 Å². The van der Waals surface area contributed by atoms with E-state index in [1.807, 2.05) is 6.07 Å². The monoisotopic (exact) mass is 341 g/mol. The standard InChI is InChI=1S/C18H19N3O4/c1-10-14(18(23)24)6-7-15(19-10)17(22)21(13-4-5-13)9-12-8-16(25-20-12)11-2-3-11/h6-8,11,13H,2-5,9H2,1H3,(H,23,24). The molecule has 2 aliphatic rings. The zero-order valence-corrected chi connectivity index (χ0v) is 13.9. The van der Waals surface area contributed by atoms with Gasteiger partial charge in [-0.1, -0.05) is 5.16 Å². The smallest absolute Gasteiger partial charge is 0.337 e. The summed E-state index contributed by atoms with van der Waals surface area (Å²) >= 11 is 0. The van der Waals surface area contributed by atoms with E-state index in [1.165, 1.54) is 12.1 Å². The third kappa shape index (κ3) is 3.26. The first kappa shape index (κ1) is 15.8. The first-order valence-electron chi connectivity index (χ1n) is 8.50. The fourth-order valence-electron chi connectivity index (χ4n) is 2.94. The van der Waals surface area contributed by atoms with E-state index in [0.29, 0.717) is 18.2 Å². The summed E-state index contributed by atoms with van der Waals surface area (Å²) < 4.78 is 5.37. The molecular formula is C18H19N3O4. The minimum Gasteiger partial charge on any atom is -0.478 e. The molecule has 4 rings (SSSR count). The van der Waals surface area contributed by atoms with Gasteiger partial charge in [0.2, 0.25) is 0 Å². The Morgan fingerprint density at radius 1 is 1.28 bits per heavy atom. The molecule has 1 amide bonds. The number of aromatic nitrogens is 2.